The lowest BCUT2D eigenvalue weighted by molar-refractivity contribution is -0.125. The first-order valence-corrected chi connectivity index (χ1v) is 12.9. The fourth-order valence-electron chi connectivity index (χ4n) is 4.75. The van der Waals surface area contributed by atoms with Crippen molar-refractivity contribution in [3.05, 3.63) is 35.8 Å². The molecule has 196 valence electrons. The maximum absolute atomic E-state index is 12.8. The van der Waals surface area contributed by atoms with Gasteiger partial charge in [0.1, 0.15) is 6.10 Å². The maximum atomic E-state index is 12.8. The van der Waals surface area contributed by atoms with E-state index in [1.165, 1.54) is 0 Å². The topological polar surface area (TPSA) is 95.3 Å². The van der Waals surface area contributed by atoms with Crippen LogP contribution in [-0.4, -0.2) is 100 Å². The molecule has 0 spiro atoms. The number of likely N-dealkylation sites (N-methyl/N-ethyl adjacent to an activating group) is 1. The van der Waals surface area contributed by atoms with E-state index in [2.05, 4.69) is 29.2 Å². The van der Waals surface area contributed by atoms with Crippen LogP contribution in [0.5, 0.6) is 0 Å². The summed E-state index contributed by atoms with van der Waals surface area (Å²) in [4.78, 5) is 35.2. The van der Waals surface area contributed by atoms with Gasteiger partial charge in [-0.05, 0) is 45.8 Å². The minimum atomic E-state index is -0.284. The zero-order valence-corrected chi connectivity index (χ0v) is 22.1. The van der Waals surface area contributed by atoms with Gasteiger partial charge in [0.05, 0.1) is 29.8 Å². The highest BCUT2D eigenvalue weighted by Crippen LogP contribution is 2.25. The molecule has 1 atom stereocenters. The molecule has 2 aromatic rings. The number of carbonyl (C=O) groups is 2. The Bertz CT molecular complexity index is 1100. The van der Waals surface area contributed by atoms with E-state index in [1.54, 1.807) is 15.9 Å². The molecule has 4 rings (SSSR count). The summed E-state index contributed by atoms with van der Waals surface area (Å²) in [6.07, 6.45) is 7.15. The zero-order valence-electron chi connectivity index (χ0n) is 22.1. The molecule has 2 fully saturated rings. The molecule has 1 N–H and O–H groups in total. The maximum Gasteiger partial charge on any atom is 0.410 e. The number of amides is 2. The molecule has 2 aliphatic heterocycles. The zero-order chi connectivity index (χ0) is 25.8. The average molecular weight is 498 g/mol. The van der Waals surface area contributed by atoms with Gasteiger partial charge in [-0.1, -0.05) is 19.9 Å². The van der Waals surface area contributed by atoms with Crippen LogP contribution in [0.15, 0.2) is 24.4 Å². The number of nitrogens with one attached hydrogen (secondary N) is 1. The number of likely N-dealkylation sites (tertiary alicyclic amines) is 2. The molecule has 0 bridgehead atoms. The molecule has 0 unspecified atom stereocenters. The highest BCUT2D eigenvalue weighted by molar-refractivity contribution is 5.87. The highest BCUT2D eigenvalue weighted by Gasteiger charge is 2.31. The predicted molar refractivity (Wildman–Crippen MR) is 139 cm³/mol. The van der Waals surface area contributed by atoms with Gasteiger partial charge in [-0.3, -0.25) is 4.79 Å². The van der Waals surface area contributed by atoms with E-state index in [4.69, 9.17) is 4.74 Å². The van der Waals surface area contributed by atoms with Crippen LogP contribution in [0.2, 0.25) is 0 Å². The SMILES string of the molecule is Cc1cc(NC2CCN(C(=O)O[C@H]3CCN(C(=O)/C=C/CN(C)C)C3)CC2)c2ncc(C(C)C)n2n1. The van der Waals surface area contributed by atoms with Crippen molar-refractivity contribution in [1.82, 2.24) is 29.3 Å². The van der Waals surface area contributed by atoms with Crippen LogP contribution in [0.1, 0.15) is 50.4 Å². The number of piperidine rings is 1. The summed E-state index contributed by atoms with van der Waals surface area (Å²) < 4.78 is 7.68. The summed E-state index contributed by atoms with van der Waals surface area (Å²) in [7, 11) is 3.92. The van der Waals surface area contributed by atoms with Gasteiger partial charge in [0, 0.05) is 44.7 Å². The Balaban J connectivity index is 1.26. The summed E-state index contributed by atoms with van der Waals surface area (Å²) in [5.41, 5.74) is 3.84. The van der Waals surface area contributed by atoms with E-state index < -0.39 is 0 Å². The lowest BCUT2D eigenvalue weighted by Gasteiger charge is -2.33. The Hall–Kier alpha value is -3.14. The van der Waals surface area contributed by atoms with Crippen molar-refractivity contribution in [2.75, 3.05) is 52.1 Å². The summed E-state index contributed by atoms with van der Waals surface area (Å²) in [6.45, 7) is 9.31. The van der Waals surface area contributed by atoms with Crippen molar-refractivity contribution in [2.24, 2.45) is 0 Å². The predicted octanol–water partition coefficient (Wildman–Crippen LogP) is 2.89. The molecule has 36 heavy (non-hydrogen) atoms. The largest absolute Gasteiger partial charge is 0.444 e. The Morgan fingerprint density at radius 1 is 1.19 bits per heavy atom. The molecule has 2 saturated heterocycles. The molecule has 10 heteroatoms. The summed E-state index contributed by atoms with van der Waals surface area (Å²) in [6, 6.07) is 2.28. The van der Waals surface area contributed by atoms with Crippen molar-refractivity contribution >= 4 is 23.3 Å². The molecule has 2 aliphatic rings. The van der Waals surface area contributed by atoms with Gasteiger partial charge in [-0.25, -0.2) is 14.3 Å². The van der Waals surface area contributed by atoms with Gasteiger partial charge >= 0.3 is 6.09 Å². The summed E-state index contributed by atoms with van der Waals surface area (Å²) >= 11 is 0. The smallest absolute Gasteiger partial charge is 0.410 e. The summed E-state index contributed by atoms with van der Waals surface area (Å²) in [5, 5.41) is 8.28. The van der Waals surface area contributed by atoms with Crippen molar-refractivity contribution in [1.29, 1.82) is 0 Å². The van der Waals surface area contributed by atoms with Crippen molar-refractivity contribution < 1.29 is 14.3 Å². The first-order valence-electron chi connectivity index (χ1n) is 12.9. The number of ether oxygens (including phenoxy) is 1. The number of hydrogen-bond donors (Lipinski definition) is 1. The van der Waals surface area contributed by atoms with Gasteiger partial charge in [-0.2, -0.15) is 5.10 Å². The normalized spacial score (nSPS) is 19.2. The van der Waals surface area contributed by atoms with Crippen molar-refractivity contribution in [3.63, 3.8) is 0 Å². The molecule has 0 radical (unpaired) electrons. The molecular formula is C26H39N7O3. The molecule has 0 aromatic carbocycles. The standard InChI is InChI=1S/C26H39N7O3/c1-18(2)23-16-27-25-22(15-19(3)29-33(23)25)28-20-8-12-31(13-9-20)26(35)36-21-10-14-32(17-21)24(34)7-6-11-30(4)5/h6-7,15-16,18,20-21,28H,8-14,17H2,1-5H3/b7-6+/t21-/m0/s1. The van der Waals surface area contributed by atoms with E-state index in [0.717, 1.165) is 42.1 Å². The Morgan fingerprint density at radius 3 is 2.61 bits per heavy atom. The third-order valence-corrected chi connectivity index (χ3v) is 6.78. The van der Waals surface area contributed by atoms with Crippen LogP contribution >= 0.6 is 0 Å². The van der Waals surface area contributed by atoms with Crippen LogP contribution in [0.3, 0.4) is 0 Å². The first-order chi connectivity index (χ1) is 17.2. The van der Waals surface area contributed by atoms with Gasteiger partial charge in [0.15, 0.2) is 5.65 Å². The molecule has 0 saturated carbocycles. The Labute approximate surface area is 213 Å². The van der Waals surface area contributed by atoms with E-state index in [-0.39, 0.29) is 24.1 Å². The van der Waals surface area contributed by atoms with Gasteiger partial charge < -0.3 is 24.8 Å². The number of carbonyl (C=O) groups excluding carboxylic acids is 2. The number of hydrogen-bond acceptors (Lipinski definition) is 7. The van der Waals surface area contributed by atoms with E-state index in [9.17, 15) is 9.59 Å². The van der Waals surface area contributed by atoms with E-state index >= 15 is 0 Å². The minimum absolute atomic E-state index is 0.0271. The molecule has 4 heterocycles. The number of aryl methyl sites for hydroxylation is 1. The van der Waals surface area contributed by atoms with Crippen LogP contribution in [-0.2, 0) is 9.53 Å². The summed E-state index contributed by atoms with van der Waals surface area (Å²) in [5.74, 6) is 0.307. The second-order valence-corrected chi connectivity index (χ2v) is 10.4. The second kappa shape index (κ2) is 11.3. The quantitative estimate of drug-likeness (QED) is 0.588. The highest BCUT2D eigenvalue weighted by atomic mass is 16.6. The van der Waals surface area contributed by atoms with Crippen LogP contribution < -0.4 is 5.32 Å². The monoisotopic (exact) mass is 497 g/mol. The van der Waals surface area contributed by atoms with Crippen LogP contribution in [0.25, 0.3) is 5.65 Å². The van der Waals surface area contributed by atoms with Gasteiger partial charge in [0.25, 0.3) is 0 Å². The molecular weight excluding hydrogens is 458 g/mol. The number of rotatable bonds is 7. The van der Waals surface area contributed by atoms with E-state index in [1.807, 2.05) is 48.8 Å². The Morgan fingerprint density at radius 2 is 1.92 bits per heavy atom. The van der Waals surface area contributed by atoms with Crippen LogP contribution in [0.4, 0.5) is 10.5 Å². The minimum Gasteiger partial charge on any atom is -0.444 e. The third-order valence-electron chi connectivity index (χ3n) is 6.78. The second-order valence-electron chi connectivity index (χ2n) is 10.4. The molecule has 2 aromatic heterocycles. The number of fused-ring (bicyclic) bond motifs is 1. The number of aromatic nitrogens is 3. The lowest BCUT2D eigenvalue weighted by atomic mass is 10.1. The third kappa shape index (κ3) is 6.16. The van der Waals surface area contributed by atoms with Crippen molar-refractivity contribution in [3.8, 4) is 0 Å². The molecule has 0 aliphatic carbocycles. The number of nitrogens with zero attached hydrogens (tertiary/aromatic N) is 6. The fraction of sp³-hybridized carbons (Fsp3) is 0.615. The van der Waals surface area contributed by atoms with Crippen LogP contribution in [0, 0.1) is 6.92 Å². The van der Waals surface area contributed by atoms with Gasteiger partial charge in [0.2, 0.25) is 5.91 Å². The molecule has 2 amide bonds. The van der Waals surface area contributed by atoms with E-state index in [0.29, 0.717) is 38.5 Å². The fourth-order valence-corrected chi connectivity index (χ4v) is 4.75. The number of imidazole rings is 1. The first kappa shape index (κ1) is 25.9. The van der Waals surface area contributed by atoms with Crippen molar-refractivity contribution in [2.45, 2.75) is 58.1 Å². The Kier molecular flexibility index (Phi) is 8.13. The number of anilines is 1. The average Bonchev–Trinajstić information content (AvgIpc) is 3.46. The molecule has 10 nitrogen and oxygen atoms in total. The van der Waals surface area contributed by atoms with Gasteiger partial charge in [-0.15, -0.1) is 0 Å². The lowest BCUT2D eigenvalue weighted by Crippen LogP contribution is -2.44.